The molecule has 1 aliphatic rings. The van der Waals surface area contributed by atoms with Crippen LogP contribution in [0.5, 0.6) is 5.75 Å². The highest BCUT2D eigenvalue weighted by molar-refractivity contribution is 6.30. The van der Waals surface area contributed by atoms with Gasteiger partial charge in [-0.3, -0.25) is 4.79 Å². The van der Waals surface area contributed by atoms with E-state index in [0.29, 0.717) is 29.5 Å². The second kappa shape index (κ2) is 6.95. The molecule has 0 aliphatic heterocycles. The van der Waals surface area contributed by atoms with Gasteiger partial charge in [0.1, 0.15) is 5.75 Å². The van der Waals surface area contributed by atoms with Gasteiger partial charge >= 0.3 is 0 Å². The van der Waals surface area contributed by atoms with E-state index >= 15 is 0 Å². The van der Waals surface area contributed by atoms with E-state index in [0.717, 1.165) is 19.3 Å². The van der Waals surface area contributed by atoms with Gasteiger partial charge in [0.15, 0.2) is 0 Å². The summed E-state index contributed by atoms with van der Waals surface area (Å²) in [5.74, 6) is 0.873. The minimum Gasteiger partial charge on any atom is -0.492 e. The molecule has 3 N–H and O–H groups in total. The number of carbonyl (C=O) groups excluding carboxylic acids is 1. The normalized spacial score (nSPS) is 21.8. The van der Waals surface area contributed by atoms with Crippen molar-refractivity contribution in [3.8, 4) is 5.75 Å². The van der Waals surface area contributed by atoms with E-state index in [4.69, 9.17) is 22.1 Å². The van der Waals surface area contributed by atoms with E-state index in [1.54, 1.807) is 18.2 Å². The molecule has 0 bridgehead atoms. The van der Waals surface area contributed by atoms with Gasteiger partial charge in [-0.15, -0.1) is 0 Å². The fourth-order valence-electron chi connectivity index (χ4n) is 2.63. The summed E-state index contributed by atoms with van der Waals surface area (Å²) in [5.41, 5.74) is 6.66. The maximum absolute atomic E-state index is 12.1. The number of amides is 1. The van der Waals surface area contributed by atoms with Crippen LogP contribution >= 0.6 is 11.6 Å². The van der Waals surface area contributed by atoms with Gasteiger partial charge in [-0.2, -0.15) is 0 Å². The molecule has 20 heavy (non-hydrogen) atoms. The number of anilines is 1. The molecule has 1 amide bonds. The van der Waals surface area contributed by atoms with Gasteiger partial charge in [0.2, 0.25) is 5.91 Å². The van der Waals surface area contributed by atoms with Gasteiger partial charge in [0, 0.05) is 23.6 Å². The van der Waals surface area contributed by atoms with Crippen molar-refractivity contribution in [2.45, 2.75) is 38.6 Å². The zero-order valence-electron chi connectivity index (χ0n) is 11.7. The second-order valence-electron chi connectivity index (χ2n) is 5.18. The first-order valence-electron chi connectivity index (χ1n) is 7.08. The molecule has 1 saturated carbocycles. The molecule has 1 aromatic rings. The van der Waals surface area contributed by atoms with Crippen LogP contribution in [0.4, 0.5) is 5.69 Å². The Bertz CT molecular complexity index is 479. The van der Waals surface area contributed by atoms with E-state index in [1.807, 2.05) is 6.92 Å². The Labute approximate surface area is 124 Å². The van der Waals surface area contributed by atoms with Gasteiger partial charge < -0.3 is 15.8 Å². The summed E-state index contributed by atoms with van der Waals surface area (Å²) in [6, 6.07) is 5.36. The van der Waals surface area contributed by atoms with Crippen LogP contribution in [0.25, 0.3) is 0 Å². The van der Waals surface area contributed by atoms with Crippen molar-refractivity contribution in [3.05, 3.63) is 23.2 Å². The number of hydrogen-bond acceptors (Lipinski definition) is 3. The molecule has 0 spiro atoms. The van der Waals surface area contributed by atoms with Crippen LogP contribution in [0, 0.1) is 5.92 Å². The molecule has 110 valence electrons. The van der Waals surface area contributed by atoms with Crippen LogP contribution in [-0.4, -0.2) is 18.6 Å². The minimum absolute atomic E-state index is 0.0179. The first kappa shape index (κ1) is 15.1. The third-order valence-corrected chi connectivity index (χ3v) is 3.92. The lowest BCUT2D eigenvalue weighted by Gasteiger charge is -2.16. The third kappa shape index (κ3) is 3.87. The zero-order chi connectivity index (χ0) is 14.5. The summed E-state index contributed by atoms with van der Waals surface area (Å²) in [7, 11) is 0. The first-order chi connectivity index (χ1) is 9.60. The fraction of sp³-hybridized carbons (Fsp3) is 0.533. The van der Waals surface area contributed by atoms with Crippen LogP contribution < -0.4 is 15.8 Å². The number of nitrogens with one attached hydrogen (secondary N) is 1. The Kier molecular flexibility index (Phi) is 5.26. The summed E-state index contributed by atoms with van der Waals surface area (Å²) in [4.78, 5) is 12.1. The Morgan fingerprint density at radius 3 is 2.95 bits per heavy atom. The predicted octanol–water partition coefficient (Wildman–Crippen LogP) is 3.19. The number of halogens is 1. The highest BCUT2D eigenvalue weighted by Gasteiger charge is 2.26. The lowest BCUT2D eigenvalue weighted by atomic mass is 10.00. The maximum atomic E-state index is 12.1. The van der Waals surface area contributed by atoms with Crippen molar-refractivity contribution < 1.29 is 9.53 Å². The topological polar surface area (TPSA) is 64.3 Å². The summed E-state index contributed by atoms with van der Waals surface area (Å²) in [6.07, 6.45) is 3.64. The van der Waals surface area contributed by atoms with Crippen molar-refractivity contribution in [2.75, 3.05) is 11.9 Å². The van der Waals surface area contributed by atoms with E-state index in [9.17, 15) is 4.79 Å². The van der Waals surface area contributed by atoms with Crippen molar-refractivity contribution in [1.82, 2.24) is 0 Å². The summed E-state index contributed by atoms with van der Waals surface area (Å²) in [6.45, 7) is 2.42. The number of benzene rings is 1. The van der Waals surface area contributed by atoms with E-state index < -0.39 is 0 Å². The predicted molar refractivity (Wildman–Crippen MR) is 81.2 cm³/mol. The molecule has 0 aromatic heterocycles. The number of carbonyl (C=O) groups is 1. The van der Waals surface area contributed by atoms with Crippen LogP contribution in [0.3, 0.4) is 0 Å². The highest BCUT2D eigenvalue weighted by Crippen LogP contribution is 2.30. The lowest BCUT2D eigenvalue weighted by Crippen LogP contribution is -2.28. The number of nitrogens with two attached hydrogens (primary N) is 1. The molecule has 5 heteroatoms. The van der Waals surface area contributed by atoms with E-state index in [1.165, 1.54) is 0 Å². The molecule has 2 rings (SSSR count). The SMILES string of the molecule is CCOc1cc(Cl)ccc1NC(=O)C[C@@H]1CCC[C@H]1N. The minimum atomic E-state index is -0.0179. The fourth-order valence-corrected chi connectivity index (χ4v) is 2.79. The van der Waals surface area contributed by atoms with Crippen molar-refractivity contribution >= 4 is 23.2 Å². The van der Waals surface area contributed by atoms with Gasteiger partial charge in [0.25, 0.3) is 0 Å². The third-order valence-electron chi connectivity index (χ3n) is 3.68. The largest absolute Gasteiger partial charge is 0.492 e. The van der Waals surface area contributed by atoms with Crippen molar-refractivity contribution in [1.29, 1.82) is 0 Å². The highest BCUT2D eigenvalue weighted by atomic mass is 35.5. The van der Waals surface area contributed by atoms with Crippen LogP contribution in [0.15, 0.2) is 18.2 Å². The average Bonchev–Trinajstić information content (AvgIpc) is 2.79. The average molecular weight is 297 g/mol. The lowest BCUT2D eigenvalue weighted by molar-refractivity contribution is -0.117. The molecule has 0 radical (unpaired) electrons. The quantitative estimate of drug-likeness (QED) is 0.877. The smallest absolute Gasteiger partial charge is 0.224 e. The Hall–Kier alpha value is -1.26. The Balaban J connectivity index is 2.00. The summed E-state index contributed by atoms with van der Waals surface area (Å²) < 4.78 is 5.49. The van der Waals surface area contributed by atoms with E-state index in [2.05, 4.69) is 5.32 Å². The second-order valence-corrected chi connectivity index (χ2v) is 5.62. The molecule has 0 unspecified atom stereocenters. The standard InChI is InChI=1S/C15H21ClN2O2/c1-2-20-14-9-11(16)6-7-13(14)18-15(19)8-10-4-3-5-12(10)17/h6-7,9-10,12H,2-5,8,17H2,1H3,(H,18,19)/t10-,12+/m0/s1. The first-order valence-corrected chi connectivity index (χ1v) is 7.45. The molecule has 1 aliphatic carbocycles. The number of rotatable bonds is 5. The van der Waals surface area contributed by atoms with Gasteiger partial charge in [0.05, 0.1) is 12.3 Å². The van der Waals surface area contributed by atoms with Crippen LogP contribution in [-0.2, 0) is 4.79 Å². The number of ether oxygens (including phenoxy) is 1. The monoisotopic (exact) mass is 296 g/mol. The number of hydrogen-bond donors (Lipinski definition) is 2. The van der Waals surface area contributed by atoms with Gasteiger partial charge in [-0.05, 0) is 37.8 Å². The molecular formula is C15H21ClN2O2. The van der Waals surface area contributed by atoms with Gasteiger partial charge in [-0.1, -0.05) is 18.0 Å². The van der Waals surface area contributed by atoms with Gasteiger partial charge in [-0.25, -0.2) is 0 Å². The molecule has 1 aromatic carbocycles. The molecule has 0 saturated heterocycles. The molecule has 2 atom stereocenters. The molecule has 1 fully saturated rings. The molecular weight excluding hydrogens is 276 g/mol. The summed E-state index contributed by atoms with van der Waals surface area (Å²) >= 11 is 5.94. The van der Waals surface area contributed by atoms with E-state index in [-0.39, 0.29) is 17.9 Å². The van der Waals surface area contributed by atoms with Crippen molar-refractivity contribution in [3.63, 3.8) is 0 Å². The maximum Gasteiger partial charge on any atom is 0.224 e. The Morgan fingerprint density at radius 1 is 1.50 bits per heavy atom. The summed E-state index contributed by atoms with van der Waals surface area (Å²) in [5, 5.41) is 3.48. The van der Waals surface area contributed by atoms with Crippen LogP contribution in [0.2, 0.25) is 5.02 Å². The molecule has 4 nitrogen and oxygen atoms in total. The zero-order valence-corrected chi connectivity index (χ0v) is 12.5. The van der Waals surface area contributed by atoms with Crippen LogP contribution in [0.1, 0.15) is 32.6 Å². The van der Waals surface area contributed by atoms with Crippen molar-refractivity contribution in [2.24, 2.45) is 11.7 Å². The molecule has 0 heterocycles. The Morgan fingerprint density at radius 2 is 2.30 bits per heavy atom.